The lowest BCUT2D eigenvalue weighted by Gasteiger charge is -2.23. The summed E-state index contributed by atoms with van der Waals surface area (Å²) in [6.07, 6.45) is 8.00. The van der Waals surface area contributed by atoms with Crippen LogP contribution < -0.4 is 9.47 Å². The second kappa shape index (κ2) is 15.5. The normalized spacial score (nSPS) is 12.8. The topological polar surface area (TPSA) is 82.1 Å². The van der Waals surface area contributed by atoms with E-state index in [2.05, 4.69) is 45.7 Å². The Hall–Kier alpha value is -1.28. The average Bonchev–Trinajstić information content (AvgIpc) is 2.74. The molecule has 0 aliphatic rings. The number of carboxylic acid groups (broad SMARTS) is 1. The highest BCUT2D eigenvalue weighted by Crippen LogP contribution is 2.38. The minimum Gasteiger partial charge on any atom is -0.478 e. The number of benzene rings is 1. The summed E-state index contributed by atoms with van der Waals surface area (Å²) in [6.45, 7) is 7.99. The molecule has 1 aromatic rings. The number of carbonyl (C=O) groups is 2. The average molecular weight is 580 g/mol. The van der Waals surface area contributed by atoms with Crippen molar-refractivity contribution in [1.82, 2.24) is 0 Å². The molecule has 0 aliphatic heterocycles. The Morgan fingerprint density at radius 1 is 0.938 bits per heavy atom. The van der Waals surface area contributed by atoms with E-state index in [0.717, 1.165) is 51.4 Å². The molecule has 1 N–H and O–H groups in total. The third-order valence-corrected chi connectivity index (χ3v) is 6.26. The summed E-state index contributed by atoms with van der Waals surface area (Å²) >= 11 is 7.02. The number of ether oxygens (including phenoxy) is 3. The molecule has 0 aliphatic carbocycles. The van der Waals surface area contributed by atoms with Crippen LogP contribution in [-0.4, -0.2) is 33.7 Å². The van der Waals surface area contributed by atoms with E-state index in [1.807, 2.05) is 6.92 Å². The molecule has 0 radical (unpaired) electrons. The van der Waals surface area contributed by atoms with E-state index in [1.54, 1.807) is 6.92 Å². The zero-order valence-corrected chi connectivity index (χ0v) is 22.7. The van der Waals surface area contributed by atoms with Crippen molar-refractivity contribution in [3.63, 3.8) is 0 Å². The highest BCUT2D eigenvalue weighted by molar-refractivity contribution is 9.09. The lowest BCUT2D eigenvalue weighted by atomic mass is 9.98. The molecule has 1 rings (SSSR count). The minimum atomic E-state index is -1.12. The first-order valence-electron chi connectivity index (χ1n) is 11.5. The van der Waals surface area contributed by atoms with Gasteiger partial charge in [0.1, 0.15) is 22.6 Å². The van der Waals surface area contributed by atoms with Gasteiger partial charge in [0, 0.05) is 5.56 Å². The summed E-state index contributed by atoms with van der Waals surface area (Å²) in [4.78, 5) is 25.0. The Bertz CT molecular complexity index is 738. The van der Waals surface area contributed by atoms with Gasteiger partial charge in [0.25, 0.3) is 0 Å². The molecule has 2 atom stereocenters. The van der Waals surface area contributed by atoms with Crippen molar-refractivity contribution >= 4 is 43.8 Å². The predicted octanol–water partition coefficient (Wildman–Crippen LogP) is 7.48. The molecule has 32 heavy (non-hydrogen) atoms. The van der Waals surface area contributed by atoms with Crippen molar-refractivity contribution < 1.29 is 28.9 Å². The first-order valence-corrected chi connectivity index (χ1v) is 13.3. The quantitative estimate of drug-likeness (QED) is 0.124. The van der Waals surface area contributed by atoms with Crippen LogP contribution in [0.5, 0.6) is 11.5 Å². The lowest BCUT2D eigenvalue weighted by Crippen LogP contribution is -2.19. The Morgan fingerprint density at radius 2 is 1.50 bits per heavy atom. The van der Waals surface area contributed by atoms with Crippen molar-refractivity contribution in [1.29, 1.82) is 0 Å². The van der Waals surface area contributed by atoms with Crippen molar-refractivity contribution in [2.75, 3.05) is 6.61 Å². The van der Waals surface area contributed by atoms with Gasteiger partial charge in [0.05, 0.1) is 6.61 Å². The summed E-state index contributed by atoms with van der Waals surface area (Å²) in [6, 6.07) is 1.44. The fraction of sp³-hybridized carbons (Fsp3) is 0.667. The number of rotatable bonds is 16. The molecule has 2 unspecified atom stereocenters. The Kier molecular flexibility index (Phi) is 14.0. The molecule has 6 nitrogen and oxygen atoms in total. The maximum Gasteiger partial charge on any atom is 0.342 e. The molecule has 182 valence electrons. The maximum absolute atomic E-state index is 12.8. The Morgan fingerprint density at radius 3 is 1.97 bits per heavy atom. The summed E-state index contributed by atoms with van der Waals surface area (Å²) in [5.74, 6) is -1.31. The highest BCUT2D eigenvalue weighted by Gasteiger charge is 2.29. The summed E-state index contributed by atoms with van der Waals surface area (Å²) in [5.41, 5.74) is 0.618. The smallest absolute Gasteiger partial charge is 0.342 e. The van der Waals surface area contributed by atoms with Gasteiger partial charge >= 0.3 is 11.9 Å². The Balaban J connectivity index is 3.44. The predicted molar refractivity (Wildman–Crippen MR) is 134 cm³/mol. The number of esters is 1. The largest absolute Gasteiger partial charge is 0.478 e. The third kappa shape index (κ3) is 8.93. The second-order valence-electron chi connectivity index (χ2n) is 7.53. The maximum atomic E-state index is 12.8. The molecule has 0 heterocycles. The number of hydrogen-bond acceptors (Lipinski definition) is 5. The van der Waals surface area contributed by atoms with Gasteiger partial charge < -0.3 is 19.3 Å². The van der Waals surface area contributed by atoms with Gasteiger partial charge in [0.15, 0.2) is 10.0 Å². The van der Waals surface area contributed by atoms with Gasteiger partial charge in [-0.3, -0.25) is 0 Å². The van der Waals surface area contributed by atoms with Crippen LogP contribution in [0.2, 0.25) is 0 Å². The Labute approximate surface area is 208 Å². The SMILES string of the molecule is CCCCCC(Br)Oc1cc(C(=O)OCC)c(OC(Br)CCCCC)c(CC)c1C(=O)O. The number of hydrogen-bond donors (Lipinski definition) is 1. The van der Waals surface area contributed by atoms with Crippen LogP contribution in [0.25, 0.3) is 0 Å². The van der Waals surface area contributed by atoms with Gasteiger partial charge in [-0.05, 0) is 77.0 Å². The number of unbranched alkanes of at least 4 members (excludes halogenated alkanes) is 4. The summed E-state index contributed by atoms with van der Waals surface area (Å²) in [7, 11) is 0. The van der Waals surface area contributed by atoms with Gasteiger partial charge in [-0.25, -0.2) is 9.59 Å². The molecule has 0 amide bonds. The first kappa shape index (κ1) is 28.8. The van der Waals surface area contributed by atoms with Gasteiger partial charge in [-0.15, -0.1) is 0 Å². The number of aromatic carboxylic acids is 1. The number of alkyl halides is 2. The van der Waals surface area contributed by atoms with E-state index in [0.29, 0.717) is 12.0 Å². The van der Waals surface area contributed by atoms with Crippen molar-refractivity contribution in [2.24, 2.45) is 0 Å². The van der Waals surface area contributed by atoms with Crippen LogP contribution in [0.3, 0.4) is 0 Å². The van der Waals surface area contributed by atoms with E-state index in [1.165, 1.54) is 6.07 Å². The molecule has 0 spiro atoms. The van der Waals surface area contributed by atoms with Gasteiger partial charge in [-0.1, -0.05) is 46.5 Å². The zero-order chi connectivity index (χ0) is 24.1. The molecule has 0 fully saturated rings. The number of carboxylic acids is 1. The van der Waals surface area contributed by atoms with E-state index in [-0.39, 0.29) is 39.3 Å². The first-order chi connectivity index (χ1) is 15.3. The van der Waals surface area contributed by atoms with Crippen molar-refractivity contribution in [2.45, 2.75) is 95.5 Å². The number of halogens is 2. The van der Waals surface area contributed by atoms with Crippen molar-refractivity contribution in [3.05, 3.63) is 22.8 Å². The fourth-order valence-corrected chi connectivity index (χ4v) is 4.38. The summed E-state index contributed by atoms with van der Waals surface area (Å²) < 4.78 is 17.3. The standard InChI is InChI=1S/C24H36Br2O6/c1-5-9-11-13-19(25)31-18-15-17(24(29)30-8-4)22(16(7-3)21(18)23(27)28)32-20(26)14-12-10-6-2/h15,19-20H,5-14H2,1-4H3,(H,27,28). The van der Waals surface area contributed by atoms with Crippen LogP contribution in [0.1, 0.15) is 105 Å². The lowest BCUT2D eigenvalue weighted by molar-refractivity contribution is 0.0518. The number of carbonyl (C=O) groups excluding carboxylic acids is 1. The van der Waals surface area contributed by atoms with Crippen LogP contribution >= 0.6 is 31.9 Å². The molecule has 0 saturated heterocycles. The highest BCUT2D eigenvalue weighted by atomic mass is 79.9. The van der Waals surface area contributed by atoms with Crippen LogP contribution in [-0.2, 0) is 11.2 Å². The fourth-order valence-electron chi connectivity index (χ4n) is 3.35. The monoisotopic (exact) mass is 578 g/mol. The van der Waals surface area contributed by atoms with Crippen LogP contribution in [0.4, 0.5) is 0 Å². The second-order valence-corrected chi connectivity index (χ2v) is 9.57. The van der Waals surface area contributed by atoms with Gasteiger partial charge in [-0.2, -0.15) is 0 Å². The molecule has 1 aromatic carbocycles. The molecular formula is C24H36Br2O6. The van der Waals surface area contributed by atoms with Crippen LogP contribution in [0, 0.1) is 0 Å². The van der Waals surface area contributed by atoms with E-state index < -0.39 is 11.9 Å². The third-order valence-electron chi connectivity index (χ3n) is 4.97. The van der Waals surface area contributed by atoms with Gasteiger partial charge in [0.2, 0.25) is 0 Å². The molecule has 0 bridgehead atoms. The van der Waals surface area contributed by atoms with E-state index in [4.69, 9.17) is 14.2 Å². The van der Waals surface area contributed by atoms with Crippen LogP contribution in [0.15, 0.2) is 6.07 Å². The molecule has 0 aromatic heterocycles. The van der Waals surface area contributed by atoms with E-state index in [9.17, 15) is 14.7 Å². The zero-order valence-electron chi connectivity index (χ0n) is 19.5. The molecular weight excluding hydrogens is 544 g/mol. The molecule has 0 saturated carbocycles. The molecule has 8 heteroatoms. The summed E-state index contributed by atoms with van der Waals surface area (Å²) in [5, 5.41) is 9.28. The van der Waals surface area contributed by atoms with Crippen molar-refractivity contribution in [3.8, 4) is 11.5 Å². The van der Waals surface area contributed by atoms with E-state index >= 15 is 0 Å². The minimum absolute atomic E-state index is 0.0174.